The number of urea groups is 1. The number of aliphatic hydroxyl groups is 1. The van der Waals surface area contributed by atoms with Crippen LogP contribution in [-0.4, -0.2) is 41.4 Å². The van der Waals surface area contributed by atoms with Crippen LogP contribution in [0.1, 0.15) is 18.4 Å². The molecule has 0 aliphatic heterocycles. The number of hydrogen-bond acceptors (Lipinski definition) is 3. The van der Waals surface area contributed by atoms with Crippen LogP contribution in [0.4, 0.5) is 4.79 Å². The topological polar surface area (TPSA) is 98.7 Å². The fourth-order valence-corrected chi connectivity index (χ4v) is 1.54. The predicted octanol–water partition coefficient (Wildman–Crippen LogP) is 0.535. The Kier molecular flexibility index (Phi) is 5.81. The first-order chi connectivity index (χ1) is 9.04. The zero-order chi connectivity index (χ0) is 14.3. The van der Waals surface area contributed by atoms with Gasteiger partial charge in [-0.05, 0) is 11.5 Å². The molecule has 2 amide bonds. The van der Waals surface area contributed by atoms with Crippen LogP contribution in [0.3, 0.4) is 0 Å². The first kappa shape index (κ1) is 15.0. The molecule has 0 aromatic heterocycles. The average molecular weight is 266 g/mol. The maximum atomic E-state index is 11.5. The number of carboxylic acids is 1. The highest BCUT2D eigenvalue weighted by molar-refractivity contribution is 5.82. The fourth-order valence-electron chi connectivity index (χ4n) is 1.54. The average Bonchev–Trinajstić information content (AvgIpc) is 2.42. The number of benzene rings is 1. The number of carbonyl (C=O) groups is 2. The van der Waals surface area contributed by atoms with Crippen LogP contribution in [0, 0.1) is 0 Å². The summed E-state index contributed by atoms with van der Waals surface area (Å²) < 4.78 is 0. The molecule has 6 nitrogen and oxygen atoms in total. The number of carbonyl (C=O) groups excluding carboxylic acids is 1. The minimum Gasteiger partial charge on any atom is -0.480 e. The molecule has 1 aromatic rings. The van der Waals surface area contributed by atoms with Gasteiger partial charge in [-0.15, -0.1) is 0 Å². The third-order valence-electron chi connectivity index (χ3n) is 2.72. The lowest BCUT2D eigenvalue weighted by atomic mass is 10.0. The van der Waals surface area contributed by atoms with E-state index in [0.717, 1.165) is 5.56 Å². The lowest BCUT2D eigenvalue weighted by molar-refractivity contribution is -0.140. The summed E-state index contributed by atoms with van der Waals surface area (Å²) in [4.78, 5) is 22.1. The summed E-state index contributed by atoms with van der Waals surface area (Å²) in [5, 5.41) is 22.2. The van der Waals surface area contributed by atoms with E-state index in [1.807, 2.05) is 37.3 Å². The van der Waals surface area contributed by atoms with Crippen LogP contribution in [0.2, 0.25) is 0 Å². The summed E-state index contributed by atoms with van der Waals surface area (Å²) >= 11 is 0. The lowest BCUT2D eigenvalue weighted by Crippen LogP contribution is -2.48. The van der Waals surface area contributed by atoms with Gasteiger partial charge in [-0.2, -0.15) is 0 Å². The van der Waals surface area contributed by atoms with Gasteiger partial charge in [-0.25, -0.2) is 9.59 Å². The van der Waals surface area contributed by atoms with Gasteiger partial charge >= 0.3 is 12.0 Å². The summed E-state index contributed by atoms with van der Waals surface area (Å²) in [5.41, 5.74) is 1.08. The number of aliphatic carboxylic acids is 1. The minimum absolute atomic E-state index is 0.115. The Labute approximate surface area is 111 Å². The number of aliphatic hydroxyl groups excluding tert-OH is 1. The zero-order valence-electron chi connectivity index (χ0n) is 10.7. The van der Waals surface area contributed by atoms with E-state index in [2.05, 4.69) is 10.6 Å². The molecule has 1 unspecified atom stereocenters. The van der Waals surface area contributed by atoms with Gasteiger partial charge in [-0.1, -0.05) is 37.3 Å². The van der Waals surface area contributed by atoms with Crippen molar-refractivity contribution in [3.05, 3.63) is 35.9 Å². The van der Waals surface area contributed by atoms with Crippen molar-refractivity contribution in [1.82, 2.24) is 10.6 Å². The number of nitrogens with one attached hydrogen (secondary N) is 2. The number of amides is 2. The molecule has 0 saturated heterocycles. The predicted molar refractivity (Wildman–Crippen MR) is 69.9 cm³/mol. The number of carboxylic acid groups (broad SMARTS) is 1. The first-order valence-electron chi connectivity index (χ1n) is 5.97. The molecule has 1 rings (SSSR count). The van der Waals surface area contributed by atoms with E-state index in [-0.39, 0.29) is 5.92 Å². The summed E-state index contributed by atoms with van der Waals surface area (Å²) in [6.07, 6.45) is 0. The van der Waals surface area contributed by atoms with E-state index in [1.54, 1.807) is 0 Å². The Morgan fingerprint density at radius 3 is 2.42 bits per heavy atom. The SMILES string of the molecule is CC(CNC(=O)N[C@@H](CO)C(=O)O)c1ccccc1. The number of hydrogen-bond donors (Lipinski definition) is 4. The van der Waals surface area contributed by atoms with Gasteiger partial charge in [0, 0.05) is 6.54 Å². The van der Waals surface area contributed by atoms with Crippen LogP contribution in [0.25, 0.3) is 0 Å². The van der Waals surface area contributed by atoms with E-state index in [4.69, 9.17) is 10.2 Å². The van der Waals surface area contributed by atoms with Crippen molar-refractivity contribution in [3.63, 3.8) is 0 Å². The molecule has 0 bridgehead atoms. The van der Waals surface area contributed by atoms with Crippen molar-refractivity contribution in [1.29, 1.82) is 0 Å². The van der Waals surface area contributed by atoms with Gasteiger partial charge < -0.3 is 20.8 Å². The molecule has 0 aliphatic rings. The van der Waals surface area contributed by atoms with Crippen LogP contribution in [0.5, 0.6) is 0 Å². The maximum absolute atomic E-state index is 11.5. The van der Waals surface area contributed by atoms with Crippen LogP contribution >= 0.6 is 0 Å². The van der Waals surface area contributed by atoms with E-state index < -0.39 is 24.6 Å². The third kappa shape index (κ3) is 4.97. The van der Waals surface area contributed by atoms with Crippen LogP contribution in [-0.2, 0) is 4.79 Å². The summed E-state index contributed by atoms with van der Waals surface area (Å²) in [6.45, 7) is 1.70. The molecule has 0 heterocycles. The molecule has 0 fully saturated rings. The molecule has 2 atom stereocenters. The van der Waals surface area contributed by atoms with Crippen molar-refractivity contribution in [2.24, 2.45) is 0 Å². The van der Waals surface area contributed by atoms with Gasteiger partial charge in [0.1, 0.15) is 0 Å². The van der Waals surface area contributed by atoms with Crippen molar-refractivity contribution >= 4 is 12.0 Å². The zero-order valence-corrected chi connectivity index (χ0v) is 10.7. The van der Waals surface area contributed by atoms with Crippen molar-refractivity contribution in [2.75, 3.05) is 13.2 Å². The number of rotatable bonds is 6. The molecule has 6 heteroatoms. The molecule has 0 spiro atoms. The minimum atomic E-state index is -1.29. The quantitative estimate of drug-likeness (QED) is 0.603. The smallest absolute Gasteiger partial charge is 0.328 e. The molecule has 104 valence electrons. The van der Waals surface area contributed by atoms with Gasteiger partial charge in [0.05, 0.1) is 6.61 Å². The van der Waals surface area contributed by atoms with Crippen molar-refractivity contribution in [3.8, 4) is 0 Å². The van der Waals surface area contributed by atoms with Gasteiger partial charge in [0.25, 0.3) is 0 Å². The second kappa shape index (κ2) is 7.38. The highest BCUT2D eigenvalue weighted by atomic mass is 16.4. The Balaban J connectivity index is 2.40. The van der Waals surface area contributed by atoms with E-state index >= 15 is 0 Å². The monoisotopic (exact) mass is 266 g/mol. The summed E-state index contributed by atoms with van der Waals surface area (Å²) in [7, 11) is 0. The Bertz CT molecular complexity index is 422. The van der Waals surface area contributed by atoms with E-state index in [1.165, 1.54) is 0 Å². The molecule has 1 aromatic carbocycles. The Morgan fingerprint density at radius 1 is 1.26 bits per heavy atom. The second-order valence-electron chi connectivity index (χ2n) is 4.24. The van der Waals surface area contributed by atoms with Crippen molar-refractivity contribution in [2.45, 2.75) is 18.9 Å². The molecule has 4 N–H and O–H groups in total. The normalized spacial score (nSPS) is 13.4. The second-order valence-corrected chi connectivity index (χ2v) is 4.24. The molecular weight excluding hydrogens is 248 g/mol. The van der Waals surface area contributed by atoms with Gasteiger partial charge in [0.15, 0.2) is 6.04 Å². The molecular formula is C13H18N2O4. The highest BCUT2D eigenvalue weighted by Crippen LogP contribution is 2.12. The largest absolute Gasteiger partial charge is 0.480 e. The maximum Gasteiger partial charge on any atom is 0.328 e. The third-order valence-corrected chi connectivity index (χ3v) is 2.72. The molecule has 19 heavy (non-hydrogen) atoms. The molecule has 0 radical (unpaired) electrons. The molecule has 0 aliphatic carbocycles. The Hall–Kier alpha value is -2.08. The van der Waals surface area contributed by atoms with Crippen molar-refractivity contribution < 1.29 is 19.8 Å². The van der Waals surface area contributed by atoms with Gasteiger partial charge in [-0.3, -0.25) is 0 Å². The van der Waals surface area contributed by atoms with E-state index in [0.29, 0.717) is 6.54 Å². The standard InChI is InChI=1S/C13H18N2O4/c1-9(10-5-3-2-4-6-10)7-14-13(19)15-11(8-16)12(17)18/h2-6,9,11,16H,7-8H2,1H3,(H,17,18)(H2,14,15,19)/t9?,11-/m0/s1. The van der Waals surface area contributed by atoms with Crippen LogP contribution in [0.15, 0.2) is 30.3 Å². The Morgan fingerprint density at radius 2 is 1.89 bits per heavy atom. The van der Waals surface area contributed by atoms with Gasteiger partial charge in [0.2, 0.25) is 0 Å². The first-order valence-corrected chi connectivity index (χ1v) is 5.97. The molecule has 0 saturated carbocycles. The summed E-state index contributed by atoms with van der Waals surface area (Å²) in [6, 6.07) is 7.76. The highest BCUT2D eigenvalue weighted by Gasteiger charge is 2.18. The fraction of sp³-hybridized carbons (Fsp3) is 0.385. The summed E-state index contributed by atoms with van der Waals surface area (Å²) in [5.74, 6) is -1.15. The lowest BCUT2D eigenvalue weighted by Gasteiger charge is -2.15. The van der Waals surface area contributed by atoms with Crippen LogP contribution < -0.4 is 10.6 Å². The van der Waals surface area contributed by atoms with E-state index in [9.17, 15) is 9.59 Å².